The number of aliphatic hydroxyl groups is 5. The fourth-order valence-electron chi connectivity index (χ4n) is 3.67. The first-order chi connectivity index (χ1) is 14.9. The van der Waals surface area contributed by atoms with Crippen molar-refractivity contribution in [2.45, 2.75) is 70.5 Å². The molecule has 0 saturated carbocycles. The van der Waals surface area contributed by atoms with Crippen LogP contribution in [0.5, 0.6) is 5.88 Å². The summed E-state index contributed by atoms with van der Waals surface area (Å²) in [7, 11) is 0. The van der Waals surface area contributed by atoms with Crippen LogP contribution in [0.15, 0.2) is 12.1 Å². The molecule has 2 aromatic rings. The highest BCUT2D eigenvalue weighted by molar-refractivity contribution is 5.38. The fraction of sp³-hybridized carbons (Fsp3) is 0.571. The average molecular weight is 458 g/mol. The summed E-state index contributed by atoms with van der Waals surface area (Å²) in [4.78, 5) is 0. The van der Waals surface area contributed by atoms with E-state index in [1.807, 2.05) is 13.8 Å². The molecular formula is C21H28F2N2O7. The van der Waals surface area contributed by atoms with Crippen LogP contribution >= 0.6 is 0 Å². The first kappa shape index (κ1) is 24.5. The second-order valence-electron chi connectivity index (χ2n) is 8.25. The average Bonchev–Trinajstić information content (AvgIpc) is 3.05. The Morgan fingerprint density at radius 3 is 2.41 bits per heavy atom. The molecule has 5 N–H and O–H groups in total. The van der Waals surface area contributed by atoms with E-state index in [9.17, 15) is 34.3 Å². The van der Waals surface area contributed by atoms with Gasteiger partial charge in [-0.15, -0.1) is 5.10 Å². The lowest BCUT2D eigenvalue weighted by molar-refractivity contribution is -0.423. The number of benzene rings is 1. The van der Waals surface area contributed by atoms with Gasteiger partial charge in [0.2, 0.25) is 5.88 Å². The van der Waals surface area contributed by atoms with Crippen molar-refractivity contribution in [3.63, 3.8) is 0 Å². The van der Waals surface area contributed by atoms with Gasteiger partial charge in [0, 0.05) is 23.7 Å². The van der Waals surface area contributed by atoms with Gasteiger partial charge < -0.3 is 35.0 Å². The molecular weight excluding hydrogens is 430 g/mol. The maximum Gasteiger partial charge on any atom is 0.356 e. The summed E-state index contributed by atoms with van der Waals surface area (Å²) in [5.74, 6) is -5.13. The largest absolute Gasteiger partial charge is 0.417 e. The smallest absolute Gasteiger partial charge is 0.356 e. The molecule has 5 atom stereocenters. The molecule has 1 aromatic heterocycles. The maximum absolute atomic E-state index is 14.5. The molecule has 11 heteroatoms. The third-order valence-corrected chi connectivity index (χ3v) is 5.62. The van der Waals surface area contributed by atoms with E-state index in [4.69, 9.17) is 9.47 Å². The van der Waals surface area contributed by atoms with Gasteiger partial charge >= 0.3 is 5.97 Å². The highest BCUT2D eigenvalue weighted by Crippen LogP contribution is 2.35. The van der Waals surface area contributed by atoms with E-state index in [1.165, 1.54) is 23.7 Å². The van der Waals surface area contributed by atoms with Crippen LogP contribution in [0, 0.1) is 25.5 Å². The van der Waals surface area contributed by atoms with Crippen molar-refractivity contribution in [1.29, 1.82) is 0 Å². The number of ether oxygens (including phenoxy) is 2. The second-order valence-corrected chi connectivity index (χ2v) is 8.25. The number of nitrogens with zero attached hydrogens (tertiary/aromatic N) is 2. The van der Waals surface area contributed by atoms with Crippen molar-refractivity contribution < 1.29 is 43.8 Å². The summed E-state index contributed by atoms with van der Waals surface area (Å²) in [6, 6.07) is 2.68. The predicted molar refractivity (Wildman–Crippen MR) is 107 cm³/mol. The third kappa shape index (κ3) is 4.24. The van der Waals surface area contributed by atoms with Crippen molar-refractivity contribution in [2.24, 2.45) is 0 Å². The zero-order valence-corrected chi connectivity index (χ0v) is 18.2. The SMILES string of the molecule is Cc1ccc(Cc2c(O[C@]3(O)O[C@H](CO)[C@@H](O)[C@H](O)[C@H]3O)nn(C(C)C)c2C)c(F)c1F. The van der Waals surface area contributed by atoms with Gasteiger partial charge in [0.05, 0.1) is 6.61 Å². The number of rotatable bonds is 6. The minimum atomic E-state index is -2.87. The molecule has 178 valence electrons. The third-order valence-electron chi connectivity index (χ3n) is 5.62. The van der Waals surface area contributed by atoms with E-state index in [0.29, 0.717) is 5.69 Å². The predicted octanol–water partition coefficient (Wildman–Crippen LogP) is 0.449. The first-order valence-corrected chi connectivity index (χ1v) is 10.2. The van der Waals surface area contributed by atoms with E-state index >= 15 is 0 Å². The van der Waals surface area contributed by atoms with Gasteiger partial charge in [0.1, 0.15) is 18.3 Å². The van der Waals surface area contributed by atoms with Gasteiger partial charge in [-0.05, 0) is 38.8 Å². The Bertz CT molecular complexity index is 982. The number of hydrogen-bond donors (Lipinski definition) is 5. The maximum atomic E-state index is 14.5. The molecule has 9 nitrogen and oxygen atoms in total. The van der Waals surface area contributed by atoms with E-state index < -0.39 is 48.6 Å². The Morgan fingerprint density at radius 1 is 1.16 bits per heavy atom. The van der Waals surface area contributed by atoms with Crippen LogP contribution in [0.4, 0.5) is 8.78 Å². The van der Waals surface area contributed by atoms with Crippen LogP contribution in [0.2, 0.25) is 0 Å². The Kier molecular flexibility index (Phi) is 6.89. The topological polar surface area (TPSA) is 137 Å². The Labute approximate surface area is 183 Å². The van der Waals surface area contributed by atoms with Crippen molar-refractivity contribution in [1.82, 2.24) is 9.78 Å². The number of aromatic nitrogens is 2. The van der Waals surface area contributed by atoms with Crippen LogP contribution in [0.3, 0.4) is 0 Å². The standard InChI is InChI=1S/C21H28F2N2O7/c1-9(2)25-11(4)13(7-12-6-5-10(3)15(22)16(12)23)20(24-25)32-21(30)19(29)18(28)17(27)14(8-26)31-21/h5-6,9,14,17-19,26-30H,7-8H2,1-4H3/t14-,17-,18+,19-,21-/m1/s1. The Morgan fingerprint density at radius 2 is 1.81 bits per heavy atom. The summed E-state index contributed by atoms with van der Waals surface area (Å²) in [6.07, 6.45) is -7.31. The van der Waals surface area contributed by atoms with Crippen molar-refractivity contribution in [2.75, 3.05) is 6.61 Å². The number of halogens is 2. The van der Waals surface area contributed by atoms with Crippen molar-refractivity contribution in [3.8, 4) is 5.88 Å². The van der Waals surface area contributed by atoms with E-state index in [-0.39, 0.29) is 35.0 Å². The highest BCUT2D eigenvalue weighted by atomic mass is 19.2. The summed E-state index contributed by atoms with van der Waals surface area (Å²) in [5.41, 5.74) is 0.980. The zero-order chi connectivity index (χ0) is 24.0. The quantitative estimate of drug-likeness (QED) is 0.394. The van der Waals surface area contributed by atoms with Crippen LogP contribution < -0.4 is 4.74 Å². The normalized spacial score (nSPS) is 28.4. The molecule has 2 heterocycles. The molecule has 1 saturated heterocycles. The molecule has 0 unspecified atom stereocenters. The molecule has 0 bridgehead atoms. The summed E-state index contributed by atoms with van der Waals surface area (Å²) in [5, 5.41) is 54.7. The minimum Gasteiger partial charge on any atom is -0.417 e. The van der Waals surface area contributed by atoms with E-state index in [0.717, 1.165) is 0 Å². The lowest BCUT2D eigenvalue weighted by Gasteiger charge is -2.43. The van der Waals surface area contributed by atoms with Gasteiger partial charge in [-0.2, -0.15) is 0 Å². The van der Waals surface area contributed by atoms with E-state index in [2.05, 4.69) is 5.10 Å². The number of aryl methyl sites for hydroxylation is 1. The van der Waals surface area contributed by atoms with Gasteiger partial charge in [-0.3, -0.25) is 4.68 Å². The molecule has 0 amide bonds. The van der Waals surface area contributed by atoms with Gasteiger partial charge in [0.25, 0.3) is 0 Å². The molecule has 0 aliphatic carbocycles. The van der Waals surface area contributed by atoms with Gasteiger partial charge in [-0.25, -0.2) is 8.78 Å². The zero-order valence-electron chi connectivity index (χ0n) is 18.2. The molecule has 1 aliphatic rings. The molecule has 3 rings (SSSR count). The van der Waals surface area contributed by atoms with Crippen molar-refractivity contribution >= 4 is 0 Å². The lowest BCUT2D eigenvalue weighted by atomic mass is 9.97. The van der Waals surface area contributed by atoms with Gasteiger partial charge in [0.15, 0.2) is 17.7 Å². The monoisotopic (exact) mass is 458 g/mol. The second kappa shape index (κ2) is 9.00. The van der Waals surface area contributed by atoms with Crippen LogP contribution in [0.25, 0.3) is 0 Å². The van der Waals surface area contributed by atoms with Crippen LogP contribution in [-0.4, -0.2) is 72.3 Å². The molecule has 0 radical (unpaired) electrons. The summed E-state index contributed by atoms with van der Waals surface area (Å²) < 4.78 is 40.7. The van der Waals surface area contributed by atoms with Crippen LogP contribution in [-0.2, 0) is 11.2 Å². The fourth-order valence-corrected chi connectivity index (χ4v) is 3.67. The Hall–Kier alpha value is -2.15. The number of hydrogen-bond acceptors (Lipinski definition) is 8. The van der Waals surface area contributed by atoms with E-state index in [1.54, 1.807) is 6.92 Å². The van der Waals surface area contributed by atoms with Crippen LogP contribution in [0.1, 0.15) is 42.3 Å². The van der Waals surface area contributed by atoms with Gasteiger partial charge in [-0.1, -0.05) is 12.1 Å². The highest BCUT2D eigenvalue weighted by Gasteiger charge is 2.55. The first-order valence-electron chi connectivity index (χ1n) is 10.2. The summed E-state index contributed by atoms with van der Waals surface area (Å²) in [6.45, 7) is 5.98. The molecule has 0 spiro atoms. The Balaban J connectivity index is 2.03. The molecule has 1 aliphatic heterocycles. The molecule has 32 heavy (non-hydrogen) atoms. The summed E-state index contributed by atoms with van der Waals surface area (Å²) >= 11 is 0. The lowest BCUT2D eigenvalue weighted by Crippen LogP contribution is -2.67. The molecule has 1 fully saturated rings. The molecule has 1 aromatic carbocycles. The number of aliphatic hydroxyl groups excluding tert-OH is 4. The minimum absolute atomic E-state index is 0.0187. The van der Waals surface area contributed by atoms with Crippen molar-refractivity contribution in [3.05, 3.63) is 46.2 Å².